The van der Waals surface area contributed by atoms with Crippen molar-refractivity contribution in [3.63, 3.8) is 0 Å². The molecule has 0 spiro atoms. The van der Waals surface area contributed by atoms with Gasteiger partial charge in [0, 0.05) is 22.3 Å². The zero-order valence-corrected chi connectivity index (χ0v) is 16.7. The molecule has 0 saturated carbocycles. The smallest absolute Gasteiger partial charge is 0.233 e. The topological polar surface area (TPSA) is 107 Å². The van der Waals surface area contributed by atoms with Crippen LogP contribution in [0.15, 0.2) is 66.7 Å². The van der Waals surface area contributed by atoms with Gasteiger partial charge in [-0.15, -0.1) is 0 Å². The lowest BCUT2D eigenvalue weighted by Crippen LogP contribution is -2.18. The molecule has 0 atom stereocenters. The van der Waals surface area contributed by atoms with Crippen molar-refractivity contribution in [2.45, 2.75) is 0 Å². The third-order valence-corrected chi connectivity index (χ3v) is 4.52. The van der Waals surface area contributed by atoms with Gasteiger partial charge < -0.3 is 14.6 Å². The van der Waals surface area contributed by atoms with Crippen molar-refractivity contribution in [3.05, 3.63) is 89.0 Å². The minimum Gasteiger partial charge on any atom is -0.508 e. The monoisotopic (exact) mass is 418 g/mol. The average Bonchev–Trinajstić information content (AvgIpc) is 2.81. The van der Waals surface area contributed by atoms with Gasteiger partial charge in [0.15, 0.2) is 0 Å². The minimum atomic E-state index is -0.938. The maximum Gasteiger partial charge on any atom is 0.233 e. The van der Waals surface area contributed by atoms with E-state index in [0.29, 0.717) is 11.5 Å². The number of Topliss-reactive ketones (excluding diaryl/α,β-unsaturated/α-hetero) is 4. The van der Waals surface area contributed by atoms with Crippen LogP contribution in [-0.2, 0) is 0 Å². The van der Waals surface area contributed by atoms with Crippen LogP contribution in [0.4, 0.5) is 0 Å². The average molecular weight is 418 g/mol. The molecular weight excluding hydrogens is 400 g/mol. The van der Waals surface area contributed by atoms with Crippen LogP contribution in [-0.4, -0.2) is 42.5 Å². The first-order chi connectivity index (χ1) is 14.8. The van der Waals surface area contributed by atoms with E-state index in [9.17, 15) is 24.3 Å². The minimum absolute atomic E-state index is 0.0908. The fourth-order valence-electron chi connectivity index (χ4n) is 2.93. The van der Waals surface area contributed by atoms with Gasteiger partial charge >= 0.3 is 0 Å². The number of hydrogen-bond acceptors (Lipinski definition) is 7. The quantitative estimate of drug-likeness (QED) is 0.440. The number of ketones is 4. The van der Waals surface area contributed by atoms with E-state index in [1.54, 1.807) is 24.3 Å². The Balaban J connectivity index is 1.91. The lowest BCUT2D eigenvalue weighted by molar-refractivity contribution is 0.0812. The van der Waals surface area contributed by atoms with Gasteiger partial charge in [-0.05, 0) is 42.5 Å². The van der Waals surface area contributed by atoms with E-state index >= 15 is 0 Å². The molecule has 0 aromatic heterocycles. The third-order valence-electron chi connectivity index (χ3n) is 4.52. The molecule has 0 amide bonds. The molecule has 0 aliphatic carbocycles. The maximum atomic E-state index is 12.7. The SMILES string of the molecule is COc1cccc(C(=O)C(=O)c2cc(O)cc(C(=O)C(=O)c3cccc(OC)c3)c2)c1. The van der Waals surface area contributed by atoms with Crippen LogP contribution in [0.5, 0.6) is 17.2 Å². The zero-order chi connectivity index (χ0) is 22.5. The number of phenolic OH excluding ortho intramolecular Hbond substituents is 1. The summed E-state index contributed by atoms with van der Waals surface area (Å²) in [7, 11) is 2.86. The van der Waals surface area contributed by atoms with Gasteiger partial charge in [0.05, 0.1) is 14.2 Å². The fraction of sp³-hybridized carbons (Fsp3) is 0.0833. The Bertz CT molecular complexity index is 1100. The molecule has 0 bridgehead atoms. The number of phenols is 1. The molecule has 0 heterocycles. The van der Waals surface area contributed by atoms with Crippen molar-refractivity contribution in [2.24, 2.45) is 0 Å². The number of rotatable bonds is 8. The predicted octanol–water partition coefficient (Wildman–Crippen LogP) is 3.54. The van der Waals surface area contributed by atoms with Crippen molar-refractivity contribution in [1.29, 1.82) is 0 Å². The zero-order valence-electron chi connectivity index (χ0n) is 16.7. The van der Waals surface area contributed by atoms with Crippen molar-refractivity contribution < 1.29 is 33.8 Å². The second-order valence-electron chi connectivity index (χ2n) is 6.55. The highest BCUT2D eigenvalue weighted by molar-refractivity contribution is 6.51. The lowest BCUT2D eigenvalue weighted by Gasteiger charge is -2.07. The van der Waals surface area contributed by atoms with Gasteiger partial charge in [-0.25, -0.2) is 0 Å². The Morgan fingerprint density at radius 3 is 1.35 bits per heavy atom. The fourth-order valence-corrected chi connectivity index (χ4v) is 2.93. The molecule has 0 saturated heterocycles. The Labute approximate surface area is 177 Å². The van der Waals surface area contributed by atoms with Crippen LogP contribution in [0.2, 0.25) is 0 Å². The first-order valence-corrected chi connectivity index (χ1v) is 9.14. The first kappa shape index (κ1) is 21.4. The molecule has 7 heteroatoms. The van der Waals surface area contributed by atoms with Gasteiger partial charge in [0.25, 0.3) is 0 Å². The van der Waals surface area contributed by atoms with E-state index in [0.717, 1.165) is 18.2 Å². The molecule has 3 aromatic carbocycles. The third kappa shape index (κ3) is 4.67. The van der Waals surface area contributed by atoms with Gasteiger partial charge in [0.1, 0.15) is 17.2 Å². The van der Waals surface area contributed by atoms with Gasteiger partial charge in [-0.1, -0.05) is 24.3 Å². The molecule has 0 aliphatic rings. The van der Waals surface area contributed by atoms with Crippen LogP contribution >= 0.6 is 0 Å². The molecule has 3 aromatic rings. The highest BCUT2D eigenvalue weighted by Gasteiger charge is 2.24. The number of aromatic hydroxyl groups is 1. The summed E-state index contributed by atoms with van der Waals surface area (Å²) in [4.78, 5) is 50.5. The number of benzene rings is 3. The van der Waals surface area contributed by atoms with Gasteiger partial charge in [-0.3, -0.25) is 19.2 Å². The van der Waals surface area contributed by atoms with E-state index in [-0.39, 0.29) is 22.3 Å². The summed E-state index contributed by atoms with van der Waals surface area (Å²) in [6, 6.07) is 15.3. The van der Waals surface area contributed by atoms with E-state index in [1.807, 2.05) is 0 Å². The highest BCUT2D eigenvalue weighted by Crippen LogP contribution is 2.22. The Kier molecular flexibility index (Phi) is 6.26. The van der Waals surface area contributed by atoms with Crippen LogP contribution in [0.3, 0.4) is 0 Å². The highest BCUT2D eigenvalue weighted by atomic mass is 16.5. The van der Waals surface area contributed by atoms with E-state index in [1.165, 1.54) is 38.5 Å². The molecule has 0 unspecified atom stereocenters. The molecule has 3 rings (SSSR count). The maximum absolute atomic E-state index is 12.7. The second kappa shape index (κ2) is 9.04. The van der Waals surface area contributed by atoms with E-state index in [2.05, 4.69) is 0 Å². The summed E-state index contributed by atoms with van der Waals surface area (Å²) < 4.78 is 10.1. The van der Waals surface area contributed by atoms with E-state index < -0.39 is 28.9 Å². The van der Waals surface area contributed by atoms with E-state index in [4.69, 9.17) is 9.47 Å². The standard InChI is InChI=1S/C24H18O7/c1-30-19-7-3-5-14(12-19)21(26)23(28)16-9-17(11-18(25)10-16)24(29)22(27)15-6-4-8-20(13-15)31-2/h3-13,25H,1-2H3. The van der Waals surface area contributed by atoms with Crippen LogP contribution in [0.1, 0.15) is 41.4 Å². The van der Waals surface area contributed by atoms with Crippen molar-refractivity contribution in [2.75, 3.05) is 14.2 Å². The van der Waals surface area contributed by atoms with Crippen molar-refractivity contribution in [1.82, 2.24) is 0 Å². The van der Waals surface area contributed by atoms with Gasteiger partial charge in [-0.2, -0.15) is 0 Å². The largest absolute Gasteiger partial charge is 0.508 e. The summed E-state index contributed by atoms with van der Waals surface area (Å²) in [6.07, 6.45) is 0. The number of carbonyl (C=O) groups is 4. The Morgan fingerprint density at radius 1 is 0.581 bits per heavy atom. The second-order valence-corrected chi connectivity index (χ2v) is 6.55. The summed E-state index contributed by atoms with van der Waals surface area (Å²) in [5.74, 6) is -3.20. The molecule has 7 nitrogen and oxygen atoms in total. The molecule has 0 aliphatic heterocycles. The number of carbonyl (C=O) groups excluding carboxylic acids is 4. The normalized spacial score (nSPS) is 10.3. The van der Waals surface area contributed by atoms with Gasteiger partial charge in [0.2, 0.25) is 23.1 Å². The molecule has 0 fully saturated rings. The number of methoxy groups -OCH3 is 2. The summed E-state index contributed by atoms with van der Waals surface area (Å²) in [5.41, 5.74) is -0.245. The summed E-state index contributed by atoms with van der Waals surface area (Å²) in [6.45, 7) is 0. The Hall–Kier alpha value is -4.26. The van der Waals surface area contributed by atoms with Crippen molar-refractivity contribution in [3.8, 4) is 17.2 Å². The molecular formula is C24H18O7. The Morgan fingerprint density at radius 2 is 0.968 bits per heavy atom. The van der Waals surface area contributed by atoms with Crippen LogP contribution in [0.25, 0.3) is 0 Å². The van der Waals surface area contributed by atoms with Crippen LogP contribution in [0, 0.1) is 0 Å². The summed E-state index contributed by atoms with van der Waals surface area (Å²) >= 11 is 0. The lowest BCUT2D eigenvalue weighted by atomic mass is 9.96. The van der Waals surface area contributed by atoms with Crippen molar-refractivity contribution >= 4 is 23.1 Å². The molecule has 0 radical (unpaired) electrons. The summed E-state index contributed by atoms with van der Waals surface area (Å²) in [5, 5.41) is 9.99. The molecule has 1 N–H and O–H groups in total. The number of hydrogen-bond donors (Lipinski definition) is 1. The molecule has 156 valence electrons. The first-order valence-electron chi connectivity index (χ1n) is 9.14. The molecule has 31 heavy (non-hydrogen) atoms. The predicted molar refractivity (Wildman–Crippen MR) is 111 cm³/mol. The van der Waals surface area contributed by atoms with Crippen LogP contribution < -0.4 is 9.47 Å². The number of ether oxygens (including phenoxy) is 2.